The molecule has 0 radical (unpaired) electrons. The number of benzene rings is 2. The highest BCUT2D eigenvalue weighted by atomic mass is 16.5. The highest BCUT2D eigenvalue weighted by Gasteiger charge is 2.24. The number of amides is 1. The van der Waals surface area contributed by atoms with Crippen LogP contribution in [-0.4, -0.2) is 73.8 Å². The Bertz CT molecular complexity index is 1160. The molecule has 1 fully saturated rings. The number of nitrogens with one attached hydrogen (secondary N) is 1. The molecule has 0 unspecified atom stereocenters. The predicted octanol–water partition coefficient (Wildman–Crippen LogP) is 2.78. The second-order valence-corrected chi connectivity index (χ2v) is 8.81. The van der Waals surface area contributed by atoms with Crippen LogP contribution in [0.3, 0.4) is 0 Å². The Morgan fingerprint density at radius 3 is 2.60 bits per heavy atom. The van der Waals surface area contributed by atoms with Crippen molar-refractivity contribution in [1.82, 2.24) is 20.2 Å². The summed E-state index contributed by atoms with van der Waals surface area (Å²) in [4.78, 5) is 27.2. The molecule has 0 atom stereocenters. The van der Waals surface area contributed by atoms with Gasteiger partial charge in [-0.15, -0.1) is 0 Å². The van der Waals surface area contributed by atoms with Crippen LogP contribution in [0.1, 0.15) is 21.5 Å². The third-order valence-corrected chi connectivity index (χ3v) is 6.61. The first-order valence-electron chi connectivity index (χ1n) is 12.1. The minimum Gasteiger partial charge on any atom is -0.497 e. The van der Waals surface area contributed by atoms with Gasteiger partial charge in [-0.25, -0.2) is 9.97 Å². The first kappa shape index (κ1) is 23.3. The van der Waals surface area contributed by atoms with Gasteiger partial charge in [0.1, 0.15) is 17.1 Å². The summed E-state index contributed by atoms with van der Waals surface area (Å²) in [5.41, 5.74) is 4.00. The molecule has 1 amide bonds. The number of carbonyl (C=O) groups excluding carboxylic acids is 1. The van der Waals surface area contributed by atoms with Crippen molar-refractivity contribution in [2.45, 2.75) is 13.0 Å². The normalized spacial score (nSPS) is 16.0. The average molecular weight is 474 g/mol. The first-order chi connectivity index (χ1) is 17.2. The molecule has 1 N–H and O–H groups in total. The lowest BCUT2D eigenvalue weighted by Gasteiger charge is -2.31. The van der Waals surface area contributed by atoms with E-state index in [0.717, 1.165) is 57.1 Å². The molecule has 8 nitrogen and oxygen atoms in total. The van der Waals surface area contributed by atoms with E-state index in [1.165, 1.54) is 11.1 Å². The molecule has 3 aromatic rings. The number of rotatable bonds is 7. The number of ether oxygens (including phenoxy) is 2. The van der Waals surface area contributed by atoms with Crippen LogP contribution in [-0.2, 0) is 17.7 Å². The van der Waals surface area contributed by atoms with Crippen LogP contribution in [0.15, 0.2) is 54.7 Å². The van der Waals surface area contributed by atoms with Crippen molar-refractivity contribution in [2.24, 2.45) is 0 Å². The van der Waals surface area contributed by atoms with E-state index >= 15 is 0 Å². The molecule has 8 heteroatoms. The van der Waals surface area contributed by atoms with Gasteiger partial charge in [0.05, 0.1) is 20.3 Å². The van der Waals surface area contributed by atoms with E-state index in [1.807, 2.05) is 24.3 Å². The van der Waals surface area contributed by atoms with E-state index in [-0.39, 0.29) is 5.91 Å². The molecule has 0 bridgehead atoms. The van der Waals surface area contributed by atoms with Crippen molar-refractivity contribution < 1.29 is 14.3 Å². The van der Waals surface area contributed by atoms with Gasteiger partial charge in [0, 0.05) is 51.0 Å². The Labute approximate surface area is 205 Å². The van der Waals surface area contributed by atoms with Crippen LogP contribution in [0.5, 0.6) is 5.75 Å². The van der Waals surface area contributed by atoms with Crippen LogP contribution in [0.4, 0.5) is 5.82 Å². The molecular formula is C27H31N5O3. The summed E-state index contributed by atoms with van der Waals surface area (Å²) in [5, 5.41) is 3.07. The van der Waals surface area contributed by atoms with E-state index in [2.05, 4.69) is 44.4 Å². The minimum atomic E-state index is -0.145. The standard InChI is InChI=1S/C27H31N5O3/c1-34-23-8-6-21(7-9-23)25-29-18-24(27(33)28-11-13-31-14-16-35-17-15-31)26(30-25)32-12-10-20-4-2-3-5-22(20)19-32/h2-9,18H,10-17,19H2,1H3,(H,28,33). The third-order valence-electron chi connectivity index (χ3n) is 6.61. The molecule has 35 heavy (non-hydrogen) atoms. The molecule has 0 spiro atoms. The number of nitrogens with zero attached hydrogens (tertiary/aromatic N) is 4. The molecule has 3 heterocycles. The molecule has 2 aromatic carbocycles. The van der Waals surface area contributed by atoms with E-state index in [4.69, 9.17) is 14.5 Å². The van der Waals surface area contributed by atoms with Crippen LogP contribution < -0.4 is 15.0 Å². The summed E-state index contributed by atoms with van der Waals surface area (Å²) in [5.74, 6) is 1.89. The zero-order valence-corrected chi connectivity index (χ0v) is 20.1. The number of anilines is 1. The fourth-order valence-corrected chi connectivity index (χ4v) is 4.58. The Morgan fingerprint density at radius 2 is 1.83 bits per heavy atom. The van der Waals surface area contributed by atoms with E-state index in [9.17, 15) is 4.79 Å². The summed E-state index contributed by atoms with van der Waals surface area (Å²) >= 11 is 0. The average Bonchev–Trinajstić information content (AvgIpc) is 2.93. The molecule has 0 saturated carbocycles. The lowest BCUT2D eigenvalue weighted by molar-refractivity contribution is 0.0383. The maximum absolute atomic E-state index is 13.2. The topological polar surface area (TPSA) is 79.8 Å². The monoisotopic (exact) mass is 473 g/mol. The van der Waals surface area contributed by atoms with Crippen molar-refractivity contribution in [3.8, 4) is 17.1 Å². The van der Waals surface area contributed by atoms with Crippen molar-refractivity contribution >= 4 is 11.7 Å². The molecule has 5 rings (SSSR count). The van der Waals surface area contributed by atoms with Gasteiger partial charge < -0.3 is 19.7 Å². The molecule has 2 aliphatic heterocycles. The van der Waals surface area contributed by atoms with Crippen molar-refractivity contribution in [3.63, 3.8) is 0 Å². The number of aromatic nitrogens is 2. The van der Waals surface area contributed by atoms with Gasteiger partial charge >= 0.3 is 0 Å². The van der Waals surface area contributed by atoms with Crippen LogP contribution in [0.2, 0.25) is 0 Å². The highest BCUT2D eigenvalue weighted by molar-refractivity contribution is 5.99. The van der Waals surface area contributed by atoms with Crippen LogP contribution >= 0.6 is 0 Å². The van der Waals surface area contributed by atoms with Crippen LogP contribution in [0.25, 0.3) is 11.4 Å². The van der Waals surface area contributed by atoms with Gasteiger partial charge in [-0.3, -0.25) is 9.69 Å². The number of carbonyl (C=O) groups is 1. The molecule has 1 aromatic heterocycles. The van der Waals surface area contributed by atoms with Crippen molar-refractivity contribution in [2.75, 3.05) is 57.9 Å². The number of methoxy groups -OCH3 is 1. The molecule has 182 valence electrons. The van der Waals surface area contributed by atoms with Gasteiger partial charge in [0.15, 0.2) is 5.82 Å². The lowest BCUT2D eigenvalue weighted by Crippen LogP contribution is -2.41. The van der Waals surface area contributed by atoms with E-state index in [0.29, 0.717) is 30.3 Å². The highest BCUT2D eigenvalue weighted by Crippen LogP contribution is 2.28. The molecule has 0 aliphatic carbocycles. The number of hydrogen-bond acceptors (Lipinski definition) is 7. The van der Waals surface area contributed by atoms with E-state index < -0.39 is 0 Å². The van der Waals surface area contributed by atoms with Crippen molar-refractivity contribution in [3.05, 3.63) is 71.4 Å². The SMILES string of the molecule is COc1ccc(-c2ncc(C(=O)NCCN3CCOCC3)c(N3CCc4ccccc4C3)n2)cc1. The van der Waals surface area contributed by atoms with E-state index in [1.54, 1.807) is 13.3 Å². The van der Waals surface area contributed by atoms with Gasteiger partial charge in [0.2, 0.25) is 0 Å². The zero-order valence-electron chi connectivity index (χ0n) is 20.1. The Morgan fingerprint density at radius 1 is 1.06 bits per heavy atom. The minimum absolute atomic E-state index is 0.145. The van der Waals surface area contributed by atoms with Crippen LogP contribution in [0, 0.1) is 0 Å². The second kappa shape index (κ2) is 10.8. The van der Waals surface area contributed by atoms with Gasteiger partial charge in [-0.1, -0.05) is 24.3 Å². The molecular weight excluding hydrogens is 442 g/mol. The largest absolute Gasteiger partial charge is 0.497 e. The fourth-order valence-electron chi connectivity index (χ4n) is 4.58. The Balaban J connectivity index is 1.39. The van der Waals surface area contributed by atoms with Gasteiger partial charge in [-0.05, 0) is 41.8 Å². The summed E-state index contributed by atoms with van der Waals surface area (Å²) in [6.45, 7) is 6.16. The summed E-state index contributed by atoms with van der Waals surface area (Å²) in [6, 6.07) is 16.1. The van der Waals surface area contributed by atoms with Gasteiger partial charge in [-0.2, -0.15) is 0 Å². The van der Waals surface area contributed by atoms with Crippen molar-refractivity contribution in [1.29, 1.82) is 0 Å². The first-order valence-corrected chi connectivity index (χ1v) is 12.1. The summed E-state index contributed by atoms with van der Waals surface area (Å²) in [7, 11) is 1.64. The number of morpholine rings is 1. The number of hydrogen-bond donors (Lipinski definition) is 1. The third kappa shape index (κ3) is 5.44. The smallest absolute Gasteiger partial charge is 0.256 e. The summed E-state index contributed by atoms with van der Waals surface area (Å²) < 4.78 is 10.7. The molecule has 2 aliphatic rings. The Hall–Kier alpha value is -3.49. The number of fused-ring (bicyclic) bond motifs is 1. The van der Waals surface area contributed by atoms with Gasteiger partial charge in [0.25, 0.3) is 5.91 Å². The zero-order chi connectivity index (χ0) is 24.0. The predicted molar refractivity (Wildman–Crippen MR) is 135 cm³/mol. The fraction of sp³-hybridized carbons (Fsp3) is 0.370. The Kier molecular flexibility index (Phi) is 7.20. The maximum atomic E-state index is 13.2. The lowest BCUT2D eigenvalue weighted by atomic mass is 9.99. The maximum Gasteiger partial charge on any atom is 0.256 e. The quantitative estimate of drug-likeness (QED) is 0.565. The molecule has 1 saturated heterocycles. The summed E-state index contributed by atoms with van der Waals surface area (Å²) in [6.07, 6.45) is 2.57. The second-order valence-electron chi connectivity index (χ2n) is 8.81.